The fourth-order valence-corrected chi connectivity index (χ4v) is 3.01. The largest absolute Gasteiger partial charge is 0.452 e. The van der Waals surface area contributed by atoms with Gasteiger partial charge in [-0.25, -0.2) is 13.5 Å². The molecule has 0 saturated carbocycles. The third kappa shape index (κ3) is 4.71. The molecule has 30 heavy (non-hydrogen) atoms. The maximum absolute atomic E-state index is 13.3. The zero-order chi connectivity index (χ0) is 21.8. The number of hydrogen-bond donors (Lipinski definition) is 1. The molecule has 0 aliphatic carbocycles. The molecule has 1 aromatic heterocycles. The highest BCUT2D eigenvalue weighted by molar-refractivity contribution is 5.95. The van der Waals surface area contributed by atoms with Crippen molar-refractivity contribution >= 4 is 17.6 Å². The predicted molar refractivity (Wildman–Crippen MR) is 107 cm³/mol. The van der Waals surface area contributed by atoms with E-state index in [-0.39, 0.29) is 12.1 Å². The van der Waals surface area contributed by atoms with Crippen molar-refractivity contribution in [3.63, 3.8) is 0 Å². The number of esters is 1. The van der Waals surface area contributed by atoms with Crippen molar-refractivity contribution in [3.05, 3.63) is 77.1 Å². The minimum atomic E-state index is -1.12. The van der Waals surface area contributed by atoms with Crippen LogP contribution in [0.5, 0.6) is 0 Å². The molecular weight excluding hydrogens is 392 g/mol. The number of nitrogens with one attached hydrogen (secondary N) is 1. The van der Waals surface area contributed by atoms with Gasteiger partial charge in [-0.15, -0.1) is 0 Å². The fraction of sp³-hybridized carbons (Fsp3) is 0.227. The minimum Gasteiger partial charge on any atom is -0.452 e. The number of amides is 1. The van der Waals surface area contributed by atoms with Gasteiger partial charge >= 0.3 is 5.97 Å². The van der Waals surface area contributed by atoms with Gasteiger partial charge in [-0.2, -0.15) is 5.10 Å². The zero-order valence-corrected chi connectivity index (χ0v) is 16.8. The topological polar surface area (TPSA) is 73.2 Å². The lowest BCUT2D eigenvalue weighted by molar-refractivity contribution is -0.152. The number of nitrogens with zero attached hydrogens (tertiary/aromatic N) is 2. The van der Waals surface area contributed by atoms with Crippen LogP contribution in [0.15, 0.2) is 48.5 Å². The zero-order valence-electron chi connectivity index (χ0n) is 16.8. The first-order valence-electron chi connectivity index (χ1n) is 9.32. The Morgan fingerprint density at radius 3 is 2.47 bits per heavy atom. The number of halogens is 2. The molecule has 6 nitrogen and oxygen atoms in total. The highest BCUT2D eigenvalue weighted by Crippen LogP contribution is 2.19. The molecule has 0 aliphatic heterocycles. The van der Waals surface area contributed by atoms with Gasteiger partial charge in [-0.1, -0.05) is 18.2 Å². The Balaban J connectivity index is 1.64. The Labute approximate surface area is 172 Å². The molecule has 0 spiro atoms. The van der Waals surface area contributed by atoms with Crippen molar-refractivity contribution in [2.24, 2.45) is 0 Å². The van der Waals surface area contributed by atoms with E-state index in [1.807, 2.05) is 37.3 Å². The Bertz CT molecular complexity index is 1080. The second-order valence-corrected chi connectivity index (χ2v) is 6.82. The molecule has 156 valence electrons. The molecule has 0 fully saturated rings. The van der Waals surface area contributed by atoms with Crippen molar-refractivity contribution in [3.8, 4) is 5.69 Å². The highest BCUT2D eigenvalue weighted by Gasteiger charge is 2.21. The van der Waals surface area contributed by atoms with Crippen molar-refractivity contribution in [1.29, 1.82) is 0 Å². The van der Waals surface area contributed by atoms with E-state index >= 15 is 0 Å². The second kappa shape index (κ2) is 8.86. The normalized spacial score (nSPS) is 11.8. The lowest BCUT2D eigenvalue weighted by Gasteiger charge is -2.14. The molecule has 2 aromatic carbocycles. The lowest BCUT2D eigenvalue weighted by atomic mass is 10.1. The van der Waals surface area contributed by atoms with Gasteiger partial charge in [0.2, 0.25) is 0 Å². The average molecular weight is 413 g/mol. The minimum absolute atomic E-state index is 0.0483. The van der Waals surface area contributed by atoms with Crippen LogP contribution >= 0.6 is 0 Å². The number of hydrogen-bond acceptors (Lipinski definition) is 4. The third-order valence-electron chi connectivity index (χ3n) is 4.63. The number of carbonyl (C=O) groups excluding carboxylic acids is 2. The molecule has 1 atom stereocenters. The Morgan fingerprint density at radius 2 is 1.80 bits per heavy atom. The van der Waals surface area contributed by atoms with Crippen molar-refractivity contribution < 1.29 is 23.1 Å². The summed E-state index contributed by atoms with van der Waals surface area (Å²) in [5.41, 5.74) is 3.15. The summed E-state index contributed by atoms with van der Waals surface area (Å²) >= 11 is 0. The molecule has 3 rings (SSSR count). The number of ether oxygens (including phenoxy) is 1. The fourth-order valence-electron chi connectivity index (χ4n) is 3.01. The van der Waals surface area contributed by atoms with Crippen LogP contribution in [0.4, 0.5) is 14.5 Å². The SMILES string of the molecule is Cc1nn(-c2ccccc2)c(C)c1CC(=O)O[C@@H](C)C(=O)Nc1ccc(F)c(F)c1. The molecule has 1 N–H and O–H groups in total. The summed E-state index contributed by atoms with van der Waals surface area (Å²) in [5.74, 6) is -3.35. The van der Waals surface area contributed by atoms with Crippen molar-refractivity contribution in [2.45, 2.75) is 33.3 Å². The number of aromatic nitrogens is 2. The van der Waals surface area contributed by atoms with Gasteiger partial charge in [-0.3, -0.25) is 9.59 Å². The molecular formula is C22H21F2N3O3. The molecule has 0 radical (unpaired) electrons. The first kappa shape index (κ1) is 21.2. The predicted octanol–water partition coefficient (Wildman–Crippen LogP) is 3.88. The van der Waals surface area contributed by atoms with Crippen LogP contribution in [0, 0.1) is 25.5 Å². The van der Waals surface area contributed by atoms with E-state index in [1.165, 1.54) is 13.0 Å². The van der Waals surface area contributed by atoms with E-state index in [0.717, 1.165) is 29.1 Å². The number of carbonyl (C=O) groups is 2. The van der Waals surface area contributed by atoms with Gasteiger partial charge in [0, 0.05) is 23.0 Å². The molecule has 0 unspecified atom stereocenters. The summed E-state index contributed by atoms with van der Waals surface area (Å²) in [4.78, 5) is 24.6. The Kier molecular flexibility index (Phi) is 6.25. The van der Waals surface area contributed by atoms with E-state index < -0.39 is 29.6 Å². The van der Waals surface area contributed by atoms with Crippen LogP contribution in [-0.2, 0) is 20.7 Å². The Morgan fingerprint density at radius 1 is 1.10 bits per heavy atom. The van der Waals surface area contributed by atoms with Crippen molar-refractivity contribution in [1.82, 2.24) is 9.78 Å². The van der Waals surface area contributed by atoms with Crippen LogP contribution < -0.4 is 5.32 Å². The summed E-state index contributed by atoms with van der Waals surface area (Å²) in [7, 11) is 0. The number of rotatable bonds is 6. The molecule has 8 heteroatoms. The van der Waals surface area contributed by atoms with E-state index in [0.29, 0.717) is 5.69 Å². The maximum Gasteiger partial charge on any atom is 0.311 e. The third-order valence-corrected chi connectivity index (χ3v) is 4.63. The number of para-hydroxylation sites is 1. The molecule has 0 aliphatic rings. The van der Waals surface area contributed by atoms with Gasteiger partial charge in [0.15, 0.2) is 17.7 Å². The van der Waals surface area contributed by atoms with Gasteiger partial charge in [-0.05, 0) is 45.0 Å². The van der Waals surface area contributed by atoms with E-state index in [4.69, 9.17) is 4.74 Å². The van der Waals surface area contributed by atoms with Crippen LogP contribution in [0.3, 0.4) is 0 Å². The lowest BCUT2D eigenvalue weighted by Crippen LogP contribution is -2.30. The monoisotopic (exact) mass is 413 g/mol. The smallest absolute Gasteiger partial charge is 0.311 e. The maximum atomic E-state index is 13.3. The Hall–Kier alpha value is -3.55. The summed E-state index contributed by atoms with van der Waals surface area (Å²) < 4.78 is 33.2. The van der Waals surface area contributed by atoms with Crippen LogP contribution in [-0.4, -0.2) is 27.8 Å². The average Bonchev–Trinajstić information content (AvgIpc) is 2.99. The summed E-state index contributed by atoms with van der Waals surface area (Å²) in [6, 6.07) is 12.5. The number of anilines is 1. The van der Waals surface area contributed by atoms with E-state index in [1.54, 1.807) is 11.6 Å². The van der Waals surface area contributed by atoms with Crippen LogP contribution in [0.25, 0.3) is 5.69 Å². The van der Waals surface area contributed by atoms with E-state index in [2.05, 4.69) is 10.4 Å². The molecule has 0 bridgehead atoms. The first-order valence-corrected chi connectivity index (χ1v) is 9.32. The summed E-state index contributed by atoms with van der Waals surface area (Å²) in [5, 5.41) is 6.87. The van der Waals surface area contributed by atoms with Gasteiger partial charge in [0.05, 0.1) is 17.8 Å². The first-order chi connectivity index (χ1) is 14.3. The molecule has 0 saturated heterocycles. The number of aryl methyl sites for hydroxylation is 1. The van der Waals surface area contributed by atoms with Crippen LogP contribution in [0.1, 0.15) is 23.9 Å². The quantitative estimate of drug-likeness (QED) is 0.623. The molecule has 1 heterocycles. The van der Waals surface area contributed by atoms with Gasteiger partial charge in [0.25, 0.3) is 5.91 Å². The van der Waals surface area contributed by atoms with E-state index in [9.17, 15) is 18.4 Å². The molecule has 3 aromatic rings. The summed E-state index contributed by atoms with van der Waals surface area (Å²) in [6.07, 6.45) is -1.16. The summed E-state index contributed by atoms with van der Waals surface area (Å²) in [6.45, 7) is 5.06. The second-order valence-electron chi connectivity index (χ2n) is 6.82. The van der Waals surface area contributed by atoms with Gasteiger partial charge in [0.1, 0.15) is 0 Å². The van der Waals surface area contributed by atoms with Crippen molar-refractivity contribution in [2.75, 3.05) is 5.32 Å². The number of benzene rings is 2. The van der Waals surface area contributed by atoms with Gasteiger partial charge < -0.3 is 10.1 Å². The van der Waals surface area contributed by atoms with Crippen LogP contribution in [0.2, 0.25) is 0 Å². The standard InChI is InChI=1S/C22H21F2N3O3/c1-13-18(14(2)27(26-13)17-7-5-4-6-8-17)12-21(28)30-15(3)22(29)25-16-9-10-19(23)20(24)11-16/h4-11,15H,12H2,1-3H3,(H,25,29)/t15-/m0/s1. The molecule has 1 amide bonds. The highest BCUT2D eigenvalue weighted by atomic mass is 19.2.